The first-order chi connectivity index (χ1) is 9.00. The fourth-order valence-electron chi connectivity index (χ4n) is 3.69. The minimum atomic E-state index is 0.479. The smallest absolute Gasteiger partial charge is 0.0573 e. The molecule has 1 saturated carbocycles. The van der Waals surface area contributed by atoms with Crippen LogP contribution in [0.2, 0.25) is 0 Å². The van der Waals surface area contributed by atoms with Crippen molar-refractivity contribution >= 4 is 0 Å². The fraction of sp³-hybridized carbons (Fsp3) is 0.706. The molecular formula is C17H28N2. The lowest BCUT2D eigenvalue weighted by atomic mass is 9.70. The van der Waals surface area contributed by atoms with Crippen LogP contribution in [0, 0.1) is 11.3 Å². The van der Waals surface area contributed by atoms with Crippen molar-refractivity contribution in [2.24, 2.45) is 11.3 Å². The van der Waals surface area contributed by atoms with Crippen molar-refractivity contribution < 1.29 is 0 Å². The highest BCUT2D eigenvalue weighted by molar-refractivity contribution is 5.19. The number of aryl methyl sites for hydroxylation is 1. The predicted octanol–water partition coefficient (Wildman–Crippen LogP) is 3.95. The first-order valence-electron chi connectivity index (χ1n) is 7.66. The van der Waals surface area contributed by atoms with Crippen molar-refractivity contribution in [2.75, 3.05) is 0 Å². The Morgan fingerprint density at radius 3 is 2.84 bits per heavy atom. The van der Waals surface area contributed by atoms with Crippen LogP contribution in [0.25, 0.3) is 0 Å². The molecule has 2 atom stereocenters. The van der Waals surface area contributed by atoms with Gasteiger partial charge in [-0.1, -0.05) is 33.8 Å². The second kappa shape index (κ2) is 6.04. The minimum Gasteiger partial charge on any atom is -0.308 e. The van der Waals surface area contributed by atoms with Gasteiger partial charge in [-0.25, -0.2) is 0 Å². The molecule has 19 heavy (non-hydrogen) atoms. The first-order valence-corrected chi connectivity index (χ1v) is 7.66. The molecule has 0 aliphatic heterocycles. The molecular weight excluding hydrogens is 232 g/mol. The summed E-state index contributed by atoms with van der Waals surface area (Å²) in [6, 6.07) is 4.87. The highest BCUT2D eigenvalue weighted by Gasteiger charge is 2.31. The standard InChI is InChI=1S/C17H28N2/c1-5-14-7-6-8-18-16(14)12-19-15-9-13(2)10-17(3,4)11-15/h6-8,13,15,19H,5,9-12H2,1-4H3. The van der Waals surface area contributed by atoms with Gasteiger partial charge in [-0.05, 0) is 48.6 Å². The van der Waals surface area contributed by atoms with Gasteiger partial charge in [-0.15, -0.1) is 0 Å². The number of hydrogen-bond donors (Lipinski definition) is 1. The van der Waals surface area contributed by atoms with E-state index in [4.69, 9.17) is 0 Å². The minimum absolute atomic E-state index is 0.479. The second-order valence-electron chi connectivity index (χ2n) is 6.95. The fourth-order valence-corrected chi connectivity index (χ4v) is 3.69. The zero-order valence-corrected chi connectivity index (χ0v) is 12.9. The molecule has 0 spiro atoms. The maximum Gasteiger partial charge on any atom is 0.0573 e. The summed E-state index contributed by atoms with van der Waals surface area (Å²) in [5, 5.41) is 3.74. The van der Waals surface area contributed by atoms with Crippen LogP contribution in [0.4, 0.5) is 0 Å². The monoisotopic (exact) mass is 260 g/mol. The zero-order valence-electron chi connectivity index (χ0n) is 12.9. The van der Waals surface area contributed by atoms with Gasteiger partial charge in [0.1, 0.15) is 0 Å². The van der Waals surface area contributed by atoms with Crippen LogP contribution in [0.15, 0.2) is 18.3 Å². The zero-order chi connectivity index (χ0) is 13.9. The van der Waals surface area contributed by atoms with Crippen LogP contribution < -0.4 is 5.32 Å². The second-order valence-corrected chi connectivity index (χ2v) is 6.95. The Kier molecular flexibility index (Phi) is 4.62. The van der Waals surface area contributed by atoms with Gasteiger partial charge < -0.3 is 5.32 Å². The number of nitrogens with zero attached hydrogens (tertiary/aromatic N) is 1. The molecule has 2 heteroatoms. The predicted molar refractivity (Wildman–Crippen MR) is 81.0 cm³/mol. The summed E-state index contributed by atoms with van der Waals surface area (Å²) in [7, 11) is 0. The lowest BCUT2D eigenvalue weighted by molar-refractivity contribution is 0.150. The van der Waals surface area contributed by atoms with Crippen LogP contribution in [-0.4, -0.2) is 11.0 Å². The number of aromatic nitrogens is 1. The molecule has 0 radical (unpaired) electrons. The summed E-state index contributed by atoms with van der Waals surface area (Å²) in [6.07, 6.45) is 6.92. The first kappa shape index (κ1) is 14.5. The molecule has 0 amide bonds. The van der Waals surface area contributed by atoms with Gasteiger partial charge in [-0.2, -0.15) is 0 Å². The Morgan fingerprint density at radius 2 is 2.16 bits per heavy atom. The van der Waals surface area contributed by atoms with E-state index < -0.39 is 0 Å². The van der Waals surface area contributed by atoms with Crippen molar-refractivity contribution in [3.05, 3.63) is 29.6 Å². The Labute approximate surface area is 118 Å². The van der Waals surface area contributed by atoms with Gasteiger partial charge in [0.15, 0.2) is 0 Å². The summed E-state index contributed by atoms with van der Waals surface area (Å²) in [6.45, 7) is 10.3. The third kappa shape index (κ3) is 4.04. The van der Waals surface area contributed by atoms with E-state index in [1.54, 1.807) is 0 Å². The quantitative estimate of drug-likeness (QED) is 0.886. The Balaban J connectivity index is 1.95. The largest absolute Gasteiger partial charge is 0.308 e. The number of hydrogen-bond acceptors (Lipinski definition) is 2. The summed E-state index contributed by atoms with van der Waals surface area (Å²) >= 11 is 0. The van der Waals surface area contributed by atoms with Crippen LogP contribution in [0.3, 0.4) is 0 Å². The molecule has 0 saturated heterocycles. The van der Waals surface area contributed by atoms with E-state index in [1.807, 2.05) is 12.3 Å². The van der Waals surface area contributed by atoms with Crippen molar-refractivity contribution in [1.29, 1.82) is 0 Å². The molecule has 1 aliphatic rings. The highest BCUT2D eigenvalue weighted by atomic mass is 14.9. The van der Waals surface area contributed by atoms with E-state index in [0.29, 0.717) is 11.5 Å². The van der Waals surface area contributed by atoms with E-state index in [1.165, 1.54) is 30.5 Å². The molecule has 1 fully saturated rings. The third-order valence-electron chi connectivity index (χ3n) is 4.31. The molecule has 1 aromatic heterocycles. The molecule has 106 valence electrons. The van der Waals surface area contributed by atoms with Crippen LogP contribution >= 0.6 is 0 Å². The van der Waals surface area contributed by atoms with Crippen molar-refractivity contribution in [3.8, 4) is 0 Å². The third-order valence-corrected chi connectivity index (χ3v) is 4.31. The Morgan fingerprint density at radius 1 is 1.37 bits per heavy atom. The molecule has 1 heterocycles. The van der Waals surface area contributed by atoms with E-state index in [2.05, 4.69) is 44.1 Å². The topological polar surface area (TPSA) is 24.9 Å². The van der Waals surface area contributed by atoms with Crippen LogP contribution in [-0.2, 0) is 13.0 Å². The number of rotatable bonds is 4. The van der Waals surface area contributed by atoms with E-state index >= 15 is 0 Å². The lowest BCUT2D eigenvalue weighted by Crippen LogP contribution is -2.40. The van der Waals surface area contributed by atoms with Crippen molar-refractivity contribution in [2.45, 2.75) is 66.0 Å². The number of nitrogens with one attached hydrogen (secondary N) is 1. The van der Waals surface area contributed by atoms with Gasteiger partial charge >= 0.3 is 0 Å². The molecule has 1 aromatic rings. The average molecular weight is 260 g/mol. The van der Waals surface area contributed by atoms with Crippen LogP contribution in [0.1, 0.15) is 58.2 Å². The van der Waals surface area contributed by atoms with Gasteiger partial charge in [0.05, 0.1) is 5.69 Å². The molecule has 0 bridgehead atoms. The summed E-state index contributed by atoms with van der Waals surface area (Å²) in [4.78, 5) is 4.53. The average Bonchev–Trinajstić information content (AvgIpc) is 2.34. The SMILES string of the molecule is CCc1cccnc1CNC1CC(C)CC(C)(C)C1. The van der Waals surface area contributed by atoms with Gasteiger partial charge in [0.2, 0.25) is 0 Å². The molecule has 1 aliphatic carbocycles. The van der Waals surface area contributed by atoms with E-state index in [0.717, 1.165) is 18.9 Å². The molecule has 2 unspecified atom stereocenters. The maximum absolute atomic E-state index is 4.53. The summed E-state index contributed by atoms with van der Waals surface area (Å²) in [5.74, 6) is 0.829. The Bertz CT molecular complexity index is 411. The van der Waals surface area contributed by atoms with Crippen molar-refractivity contribution in [3.63, 3.8) is 0 Å². The van der Waals surface area contributed by atoms with E-state index in [-0.39, 0.29) is 0 Å². The summed E-state index contributed by atoms with van der Waals surface area (Å²) < 4.78 is 0. The molecule has 2 rings (SSSR count). The maximum atomic E-state index is 4.53. The normalized spacial score (nSPS) is 26.3. The molecule has 2 nitrogen and oxygen atoms in total. The summed E-state index contributed by atoms with van der Waals surface area (Å²) in [5.41, 5.74) is 3.08. The lowest BCUT2D eigenvalue weighted by Gasteiger charge is -2.39. The highest BCUT2D eigenvalue weighted by Crippen LogP contribution is 2.38. The molecule has 1 N–H and O–H groups in total. The number of pyridine rings is 1. The van der Waals surface area contributed by atoms with Gasteiger partial charge in [0, 0.05) is 18.8 Å². The van der Waals surface area contributed by atoms with E-state index in [9.17, 15) is 0 Å². The Hall–Kier alpha value is -0.890. The van der Waals surface area contributed by atoms with Gasteiger partial charge in [-0.3, -0.25) is 4.98 Å². The van der Waals surface area contributed by atoms with Crippen LogP contribution in [0.5, 0.6) is 0 Å². The molecule has 0 aromatic carbocycles. The van der Waals surface area contributed by atoms with Gasteiger partial charge in [0.25, 0.3) is 0 Å². The van der Waals surface area contributed by atoms with Crippen molar-refractivity contribution in [1.82, 2.24) is 10.3 Å².